The summed E-state index contributed by atoms with van der Waals surface area (Å²) >= 11 is 0. The normalized spacial score (nSPS) is 10.2. The summed E-state index contributed by atoms with van der Waals surface area (Å²) < 4.78 is 6.44. The zero-order valence-electron chi connectivity index (χ0n) is 10.6. The van der Waals surface area contributed by atoms with Crippen LogP contribution in [-0.2, 0) is 11.3 Å². The molecule has 0 saturated carbocycles. The van der Waals surface area contributed by atoms with E-state index >= 15 is 0 Å². The van der Waals surface area contributed by atoms with Gasteiger partial charge in [0.1, 0.15) is 11.3 Å². The maximum Gasteiger partial charge on any atom is 0.342 e. The molecule has 0 unspecified atom stereocenters. The van der Waals surface area contributed by atoms with Crippen LogP contribution < -0.4 is 0 Å². The van der Waals surface area contributed by atoms with Crippen molar-refractivity contribution in [3.05, 3.63) is 53.3 Å². The molecule has 2 rings (SSSR count). The molecule has 0 spiro atoms. The standard InChI is InChI=1S/C14H14N2O3/c1-2-19-14(18)12-9-16(15-13(12)10-17)8-11-6-4-3-5-7-11/h3-7,9-10H,2,8H2,1H3. The molecule has 0 N–H and O–H groups in total. The van der Waals surface area contributed by atoms with E-state index in [0.717, 1.165) is 5.56 Å². The molecule has 1 aromatic heterocycles. The molecule has 5 nitrogen and oxygen atoms in total. The van der Waals surface area contributed by atoms with Crippen LogP contribution in [0.5, 0.6) is 0 Å². The predicted molar refractivity (Wildman–Crippen MR) is 69.1 cm³/mol. The molecule has 0 bridgehead atoms. The fourth-order valence-electron chi connectivity index (χ4n) is 1.74. The number of ether oxygens (including phenoxy) is 1. The number of hydrogen-bond acceptors (Lipinski definition) is 4. The molecule has 0 radical (unpaired) electrons. The van der Waals surface area contributed by atoms with E-state index in [2.05, 4.69) is 5.10 Å². The summed E-state index contributed by atoms with van der Waals surface area (Å²) in [5.74, 6) is -0.524. The highest BCUT2D eigenvalue weighted by Crippen LogP contribution is 2.09. The lowest BCUT2D eigenvalue weighted by atomic mass is 10.2. The number of esters is 1. The van der Waals surface area contributed by atoms with E-state index in [1.807, 2.05) is 30.3 Å². The first kappa shape index (κ1) is 13.0. The van der Waals surface area contributed by atoms with E-state index in [0.29, 0.717) is 12.8 Å². The molecule has 0 amide bonds. The molecular formula is C14H14N2O3. The maximum absolute atomic E-state index is 11.7. The average Bonchev–Trinajstić information content (AvgIpc) is 2.83. The first-order chi connectivity index (χ1) is 9.24. The van der Waals surface area contributed by atoms with Crippen LogP contribution in [0.2, 0.25) is 0 Å². The van der Waals surface area contributed by atoms with Gasteiger partial charge in [-0.05, 0) is 12.5 Å². The number of carbonyl (C=O) groups excluding carboxylic acids is 2. The Bertz CT molecular complexity index is 576. The Morgan fingerprint density at radius 1 is 1.37 bits per heavy atom. The van der Waals surface area contributed by atoms with Crippen LogP contribution >= 0.6 is 0 Å². The number of hydrogen-bond donors (Lipinski definition) is 0. The fraction of sp³-hybridized carbons (Fsp3) is 0.214. The molecule has 0 aliphatic heterocycles. The zero-order valence-corrected chi connectivity index (χ0v) is 10.6. The highest BCUT2D eigenvalue weighted by Gasteiger charge is 2.16. The minimum absolute atomic E-state index is 0.106. The Labute approximate surface area is 110 Å². The van der Waals surface area contributed by atoms with Crippen LogP contribution in [0.1, 0.15) is 33.3 Å². The Hall–Kier alpha value is -2.43. The van der Waals surface area contributed by atoms with Crippen LogP contribution in [0.25, 0.3) is 0 Å². The van der Waals surface area contributed by atoms with Gasteiger partial charge in [0.15, 0.2) is 6.29 Å². The molecule has 0 fully saturated rings. The van der Waals surface area contributed by atoms with Gasteiger partial charge in [0, 0.05) is 6.20 Å². The van der Waals surface area contributed by atoms with E-state index < -0.39 is 5.97 Å². The zero-order chi connectivity index (χ0) is 13.7. The minimum atomic E-state index is -0.524. The van der Waals surface area contributed by atoms with Crippen molar-refractivity contribution in [3.63, 3.8) is 0 Å². The summed E-state index contributed by atoms with van der Waals surface area (Å²) in [7, 11) is 0. The molecule has 0 atom stereocenters. The summed E-state index contributed by atoms with van der Waals surface area (Å²) in [6.07, 6.45) is 2.10. The highest BCUT2D eigenvalue weighted by molar-refractivity contribution is 5.96. The third kappa shape index (κ3) is 3.07. The van der Waals surface area contributed by atoms with Gasteiger partial charge in [-0.3, -0.25) is 9.48 Å². The number of aromatic nitrogens is 2. The second-order valence-corrected chi connectivity index (χ2v) is 3.95. The van der Waals surface area contributed by atoms with Crippen molar-refractivity contribution in [3.8, 4) is 0 Å². The summed E-state index contributed by atoms with van der Waals surface area (Å²) in [6, 6.07) is 9.67. The topological polar surface area (TPSA) is 61.2 Å². The molecule has 2 aromatic rings. The Morgan fingerprint density at radius 3 is 2.74 bits per heavy atom. The SMILES string of the molecule is CCOC(=O)c1cn(Cc2ccccc2)nc1C=O. The lowest BCUT2D eigenvalue weighted by Gasteiger charge is -2.00. The van der Waals surface area contributed by atoms with E-state index in [9.17, 15) is 9.59 Å². The molecular weight excluding hydrogens is 244 g/mol. The number of rotatable bonds is 5. The highest BCUT2D eigenvalue weighted by atomic mass is 16.5. The minimum Gasteiger partial charge on any atom is -0.462 e. The number of nitrogens with zero attached hydrogens (tertiary/aromatic N) is 2. The van der Waals surface area contributed by atoms with Crippen molar-refractivity contribution in [2.24, 2.45) is 0 Å². The van der Waals surface area contributed by atoms with E-state index in [1.165, 1.54) is 6.20 Å². The van der Waals surface area contributed by atoms with Crippen LogP contribution in [-0.4, -0.2) is 28.6 Å². The van der Waals surface area contributed by atoms with E-state index in [1.54, 1.807) is 11.6 Å². The number of carbonyl (C=O) groups is 2. The molecule has 98 valence electrons. The van der Waals surface area contributed by atoms with Crippen LogP contribution in [0.15, 0.2) is 36.5 Å². The van der Waals surface area contributed by atoms with Crippen molar-refractivity contribution in [1.82, 2.24) is 9.78 Å². The molecule has 1 heterocycles. The fourth-order valence-corrected chi connectivity index (χ4v) is 1.74. The van der Waals surface area contributed by atoms with Crippen molar-refractivity contribution in [2.45, 2.75) is 13.5 Å². The van der Waals surface area contributed by atoms with Gasteiger partial charge in [-0.2, -0.15) is 5.10 Å². The third-order valence-corrected chi connectivity index (χ3v) is 2.58. The molecule has 0 aliphatic carbocycles. The average molecular weight is 258 g/mol. The summed E-state index contributed by atoms with van der Waals surface area (Å²) in [4.78, 5) is 22.6. The van der Waals surface area contributed by atoms with Crippen molar-refractivity contribution >= 4 is 12.3 Å². The van der Waals surface area contributed by atoms with Crippen molar-refractivity contribution in [1.29, 1.82) is 0 Å². The summed E-state index contributed by atoms with van der Waals surface area (Å²) in [6.45, 7) is 2.48. The van der Waals surface area contributed by atoms with Gasteiger partial charge >= 0.3 is 5.97 Å². The van der Waals surface area contributed by atoms with Crippen molar-refractivity contribution in [2.75, 3.05) is 6.61 Å². The van der Waals surface area contributed by atoms with Gasteiger partial charge in [0.2, 0.25) is 0 Å². The predicted octanol–water partition coefficient (Wildman–Crippen LogP) is 1.92. The van der Waals surface area contributed by atoms with Gasteiger partial charge in [-0.25, -0.2) is 4.79 Å². The van der Waals surface area contributed by atoms with E-state index in [-0.39, 0.29) is 17.9 Å². The van der Waals surface area contributed by atoms with Gasteiger partial charge in [-0.15, -0.1) is 0 Å². The quantitative estimate of drug-likeness (QED) is 0.607. The monoisotopic (exact) mass is 258 g/mol. The summed E-state index contributed by atoms with van der Waals surface area (Å²) in [5, 5.41) is 4.08. The van der Waals surface area contributed by atoms with E-state index in [4.69, 9.17) is 4.74 Å². The largest absolute Gasteiger partial charge is 0.462 e. The Kier molecular flexibility index (Phi) is 4.07. The number of aldehydes is 1. The second kappa shape index (κ2) is 5.95. The van der Waals surface area contributed by atoms with Crippen molar-refractivity contribution < 1.29 is 14.3 Å². The lowest BCUT2D eigenvalue weighted by Crippen LogP contribution is -2.06. The van der Waals surface area contributed by atoms with Gasteiger partial charge in [-0.1, -0.05) is 30.3 Å². The van der Waals surface area contributed by atoms with Gasteiger partial charge < -0.3 is 4.74 Å². The number of benzene rings is 1. The lowest BCUT2D eigenvalue weighted by molar-refractivity contribution is 0.0524. The summed E-state index contributed by atoms with van der Waals surface area (Å²) in [5.41, 5.74) is 1.35. The van der Waals surface area contributed by atoms with Crippen LogP contribution in [0.4, 0.5) is 0 Å². The molecule has 1 aromatic carbocycles. The molecule has 19 heavy (non-hydrogen) atoms. The Balaban J connectivity index is 2.24. The molecule has 5 heteroatoms. The smallest absolute Gasteiger partial charge is 0.342 e. The Morgan fingerprint density at radius 2 is 2.11 bits per heavy atom. The third-order valence-electron chi connectivity index (χ3n) is 2.58. The second-order valence-electron chi connectivity index (χ2n) is 3.95. The first-order valence-corrected chi connectivity index (χ1v) is 5.98. The molecule has 0 saturated heterocycles. The first-order valence-electron chi connectivity index (χ1n) is 5.98. The van der Waals surface area contributed by atoms with Gasteiger partial charge in [0.25, 0.3) is 0 Å². The van der Waals surface area contributed by atoms with Crippen LogP contribution in [0, 0.1) is 0 Å². The van der Waals surface area contributed by atoms with Gasteiger partial charge in [0.05, 0.1) is 13.2 Å². The van der Waals surface area contributed by atoms with Crippen LogP contribution in [0.3, 0.4) is 0 Å². The molecule has 0 aliphatic rings. The maximum atomic E-state index is 11.7.